The van der Waals surface area contributed by atoms with Crippen molar-refractivity contribution >= 4 is 17.5 Å². The van der Waals surface area contributed by atoms with E-state index in [4.69, 9.17) is 0 Å². The lowest BCUT2D eigenvalue weighted by atomic mass is 9.99. The molecule has 6 nitrogen and oxygen atoms in total. The number of hydrogen-bond donors (Lipinski definition) is 1. The highest BCUT2D eigenvalue weighted by Crippen LogP contribution is 2.38. The van der Waals surface area contributed by atoms with Crippen LogP contribution in [0.2, 0.25) is 0 Å². The molecule has 0 aliphatic carbocycles. The minimum Gasteiger partial charge on any atom is -0.306 e. The van der Waals surface area contributed by atoms with Crippen LogP contribution in [0.5, 0.6) is 0 Å². The third kappa shape index (κ3) is 5.32. The quantitative estimate of drug-likeness (QED) is 0.348. The number of nitrogens with zero attached hydrogens (tertiary/aromatic N) is 3. The fraction of sp³-hybridized carbons (Fsp3) is 0.154. The van der Waals surface area contributed by atoms with E-state index < -0.39 is 34.6 Å². The van der Waals surface area contributed by atoms with Crippen molar-refractivity contribution in [1.29, 1.82) is 0 Å². The Labute approximate surface area is 203 Å². The van der Waals surface area contributed by atoms with Crippen LogP contribution in [0.15, 0.2) is 66.9 Å². The summed E-state index contributed by atoms with van der Waals surface area (Å²) in [4.78, 5) is 29.1. The fourth-order valence-corrected chi connectivity index (χ4v) is 3.73. The maximum Gasteiger partial charge on any atom is 0.417 e. The van der Waals surface area contributed by atoms with Gasteiger partial charge in [0.2, 0.25) is 0 Å². The van der Waals surface area contributed by atoms with Crippen molar-refractivity contribution in [1.82, 2.24) is 14.8 Å². The van der Waals surface area contributed by atoms with Crippen molar-refractivity contribution < 1.29 is 27.2 Å². The Morgan fingerprint density at radius 2 is 1.72 bits per heavy atom. The van der Waals surface area contributed by atoms with E-state index in [1.807, 2.05) is 0 Å². The smallest absolute Gasteiger partial charge is 0.306 e. The van der Waals surface area contributed by atoms with Crippen molar-refractivity contribution in [2.24, 2.45) is 7.05 Å². The van der Waals surface area contributed by atoms with E-state index in [1.165, 1.54) is 30.9 Å². The molecule has 0 fully saturated rings. The molecule has 0 radical (unpaired) electrons. The van der Waals surface area contributed by atoms with Crippen LogP contribution in [0.1, 0.15) is 28.5 Å². The summed E-state index contributed by atoms with van der Waals surface area (Å²) in [5.41, 5.74) is -0.797. The van der Waals surface area contributed by atoms with Crippen LogP contribution in [-0.2, 0) is 24.4 Å². The first-order chi connectivity index (χ1) is 17.0. The zero-order chi connectivity index (χ0) is 26.0. The third-order valence-electron chi connectivity index (χ3n) is 5.35. The van der Waals surface area contributed by atoms with Gasteiger partial charge in [-0.05, 0) is 42.8 Å². The van der Waals surface area contributed by atoms with E-state index in [0.717, 1.165) is 6.07 Å². The topological polar surface area (TPSA) is 76.9 Å². The number of carbonyl (C=O) groups is 2. The van der Waals surface area contributed by atoms with Gasteiger partial charge in [0.05, 0.1) is 22.5 Å². The van der Waals surface area contributed by atoms with Crippen molar-refractivity contribution in [3.63, 3.8) is 0 Å². The molecule has 0 bridgehead atoms. The Morgan fingerprint density at radius 3 is 2.33 bits per heavy atom. The summed E-state index contributed by atoms with van der Waals surface area (Å²) in [6, 6.07) is 14.7. The van der Waals surface area contributed by atoms with Gasteiger partial charge in [-0.2, -0.15) is 18.3 Å². The van der Waals surface area contributed by atoms with Gasteiger partial charge in [-0.25, -0.2) is 9.37 Å². The molecule has 0 aliphatic heterocycles. The molecule has 4 aromatic rings. The molecule has 4 rings (SSSR count). The number of carbonyl (C=O) groups excluding carboxylic acids is 2. The molecule has 1 N–H and O–H groups in total. The highest BCUT2D eigenvalue weighted by atomic mass is 19.4. The molecule has 0 atom stereocenters. The van der Waals surface area contributed by atoms with Crippen LogP contribution in [-0.4, -0.2) is 26.5 Å². The van der Waals surface area contributed by atoms with E-state index in [2.05, 4.69) is 15.4 Å². The van der Waals surface area contributed by atoms with Crippen molar-refractivity contribution in [3.05, 3.63) is 89.5 Å². The standard InChI is InChI=1S/C26H20F4N4O2/c1-15(35)12-17-8-9-18(16-6-4-3-5-7-16)24(31-17)32-25(36)20-13-19(23-10-11-34(2)33-23)21(14-22(20)27)26(28,29)30/h3-11,13-14H,12H2,1-2H3,(H,31,32,36). The minimum absolute atomic E-state index is 0.0103. The molecule has 0 saturated heterocycles. The Kier molecular flexibility index (Phi) is 6.69. The van der Waals surface area contributed by atoms with Crippen LogP contribution in [0.4, 0.5) is 23.4 Å². The molecule has 0 aliphatic rings. The molecule has 0 spiro atoms. The number of hydrogen-bond acceptors (Lipinski definition) is 4. The van der Waals surface area contributed by atoms with E-state index >= 15 is 0 Å². The molecule has 2 aromatic carbocycles. The molecule has 1 amide bonds. The predicted octanol–water partition coefficient (Wildman–Crippen LogP) is 5.69. The Balaban J connectivity index is 1.79. The minimum atomic E-state index is -4.87. The van der Waals surface area contributed by atoms with Crippen LogP contribution < -0.4 is 5.32 Å². The van der Waals surface area contributed by atoms with Crippen molar-refractivity contribution in [3.8, 4) is 22.4 Å². The number of aromatic nitrogens is 3. The first kappa shape index (κ1) is 24.8. The number of anilines is 1. The molecule has 2 heterocycles. The average molecular weight is 496 g/mol. The summed E-state index contributed by atoms with van der Waals surface area (Å²) >= 11 is 0. The van der Waals surface area contributed by atoms with E-state index in [-0.39, 0.29) is 29.8 Å². The normalized spacial score (nSPS) is 11.4. The second kappa shape index (κ2) is 9.73. The largest absolute Gasteiger partial charge is 0.417 e. The zero-order valence-corrected chi connectivity index (χ0v) is 19.2. The van der Waals surface area contributed by atoms with E-state index in [1.54, 1.807) is 42.5 Å². The number of benzene rings is 2. The third-order valence-corrected chi connectivity index (χ3v) is 5.35. The van der Waals surface area contributed by atoms with Gasteiger partial charge in [0.1, 0.15) is 17.4 Å². The van der Waals surface area contributed by atoms with Crippen molar-refractivity contribution in [2.45, 2.75) is 19.5 Å². The summed E-state index contributed by atoms with van der Waals surface area (Å²) in [5.74, 6) is -2.45. The Morgan fingerprint density at radius 1 is 1.00 bits per heavy atom. The van der Waals surface area contributed by atoms with Gasteiger partial charge in [-0.3, -0.25) is 14.3 Å². The van der Waals surface area contributed by atoms with Crippen molar-refractivity contribution in [2.75, 3.05) is 5.32 Å². The van der Waals surface area contributed by atoms with Gasteiger partial charge >= 0.3 is 6.18 Å². The summed E-state index contributed by atoms with van der Waals surface area (Å²) in [7, 11) is 1.53. The molecular weight excluding hydrogens is 476 g/mol. The maximum atomic E-state index is 14.9. The fourth-order valence-electron chi connectivity index (χ4n) is 3.73. The van der Waals surface area contributed by atoms with Crippen LogP contribution in [0, 0.1) is 5.82 Å². The van der Waals surface area contributed by atoms with Gasteiger partial charge in [-0.1, -0.05) is 30.3 Å². The second-order valence-electron chi connectivity index (χ2n) is 8.15. The molecule has 2 aromatic heterocycles. The number of nitrogens with one attached hydrogen (secondary N) is 1. The first-order valence-electron chi connectivity index (χ1n) is 10.8. The number of aryl methyl sites for hydroxylation is 1. The summed E-state index contributed by atoms with van der Waals surface area (Å²) in [6.45, 7) is 1.39. The number of halogens is 4. The number of pyridine rings is 1. The Hall–Kier alpha value is -4.34. The zero-order valence-electron chi connectivity index (χ0n) is 19.2. The van der Waals surface area contributed by atoms with E-state index in [9.17, 15) is 27.2 Å². The van der Waals surface area contributed by atoms with Gasteiger partial charge in [-0.15, -0.1) is 0 Å². The molecular formula is C26H20F4N4O2. The molecule has 0 unspecified atom stereocenters. The summed E-state index contributed by atoms with van der Waals surface area (Å²) in [5, 5.41) is 6.49. The molecule has 0 saturated carbocycles. The van der Waals surface area contributed by atoms with Gasteiger partial charge in [0.15, 0.2) is 0 Å². The lowest BCUT2D eigenvalue weighted by Crippen LogP contribution is -2.18. The van der Waals surface area contributed by atoms with Gasteiger partial charge < -0.3 is 5.32 Å². The number of Topliss-reactive ketones (excluding diaryl/α,β-unsaturated/α-hetero) is 1. The SMILES string of the molecule is CC(=O)Cc1ccc(-c2ccccc2)c(NC(=O)c2cc(-c3ccn(C)n3)c(C(F)(F)F)cc2F)n1. The number of amides is 1. The second-order valence-corrected chi connectivity index (χ2v) is 8.15. The predicted molar refractivity (Wildman–Crippen MR) is 126 cm³/mol. The number of alkyl halides is 3. The molecule has 184 valence electrons. The van der Waals surface area contributed by atoms with E-state index in [0.29, 0.717) is 16.8 Å². The lowest BCUT2D eigenvalue weighted by Gasteiger charge is -2.15. The van der Waals surface area contributed by atoms with Crippen LogP contribution in [0.3, 0.4) is 0 Å². The maximum absolute atomic E-state index is 14.9. The number of ketones is 1. The Bertz CT molecular complexity index is 1450. The highest BCUT2D eigenvalue weighted by Gasteiger charge is 2.36. The number of rotatable bonds is 6. The average Bonchev–Trinajstić information content (AvgIpc) is 3.24. The summed E-state index contributed by atoms with van der Waals surface area (Å²) in [6.07, 6.45) is -3.42. The van der Waals surface area contributed by atoms with Gasteiger partial charge in [0, 0.05) is 30.8 Å². The van der Waals surface area contributed by atoms with Crippen LogP contribution in [0.25, 0.3) is 22.4 Å². The van der Waals surface area contributed by atoms with Crippen LogP contribution >= 0.6 is 0 Å². The lowest BCUT2D eigenvalue weighted by molar-refractivity contribution is -0.137. The first-order valence-corrected chi connectivity index (χ1v) is 10.8. The monoisotopic (exact) mass is 496 g/mol. The summed E-state index contributed by atoms with van der Waals surface area (Å²) < 4.78 is 57.1. The molecule has 10 heteroatoms. The highest BCUT2D eigenvalue weighted by molar-refractivity contribution is 6.06. The molecule has 36 heavy (non-hydrogen) atoms. The van der Waals surface area contributed by atoms with Gasteiger partial charge in [0.25, 0.3) is 5.91 Å².